The minimum atomic E-state index is -2.33. The van der Waals surface area contributed by atoms with Crippen LogP contribution in [-0.2, 0) is 88.3 Å². The molecule has 6 aromatic carbocycles. The van der Waals surface area contributed by atoms with Gasteiger partial charge in [0.2, 0.25) is 0 Å². The average molecular weight is 1170 g/mol. The van der Waals surface area contributed by atoms with Crippen molar-refractivity contribution in [1.29, 1.82) is 0 Å². The van der Waals surface area contributed by atoms with Gasteiger partial charge in [0.25, 0.3) is 0 Å². The van der Waals surface area contributed by atoms with Crippen molar-refractivity contribution < 1.29 is 13.9 Å². The van der Waals surface area contributed by atoms with Crippen LogP contribution in [0.2, 0.25) is 0 Å². The summed E-state index contributed by atoms with van der Waals surface area (Å²) in [5, 5.41) is 6.89. The molecule has 0 N–H and O–H groups in total. The van der Waals surface area contributed by atoms with E-state index >= 15 is 0 Å². The van der Waals surface area contributed by atoms with Crippen molar-refractivity contribution in [3.8, 4) is 0 Å². The van der Waals surface area contributed by atoms with Crippen LogP contribution in [0.25, 0.3) is 0 Å². The molecule has 0 saturated heterocycles. The summed E-state index contributed by atoms with van der Waals surface area (Å²) in [4.78, 5) is 0. The number of benzene rings is 6. The molecule has 0 spiro atoms. The van der Waals surface area contributed by atoms with Crippen molar-refractivity contribution in [3.63, 3.8) is 0 Å². The number of hydrogen-bond acceptors (Lipinski definition) is 6. The van der Waals surface area contributed by atoms with Crippen LogP contribution in [0.1, 0.15) is 212 Å². The molecule has 0 heterocycles. The van der Waals surface area contributed by atoms with E-state index in [2.05, 4.69) is 306 Å². The van der Waals surface area contributed by atoms with E-state index in [1.807, 2.05) is 0 Å². The van der Waals surface area contributed by atoms with Crippen LogP contribution in [0.5, 0.6) is 0 Å². The predicted octanol–water partition coefficient (Wildman–Crippen LogP) is 20.8. The molecule has 0 aromatic heterocycles. The number of hydrogen-bond donors (Lipinski definition) is 0. The maximum absolute atomic E-state index is 8.12. The standard InChI is InChI=1S/C78H114N3O3P/c1-55(2)46-64-34-22-25-40-70(64)52-76(19,73-43-31-28-37-67(73)49-58(7)8)79(61(13)14)82-85(83-80(62(15)16)77(20,74-44-32-29-38-68(74)50-59(9)10)53-71-41-26-23-35-65(71)47-56(3)4)84-81(63(17)18)78(21,75-45-33-30-39-69(75)51-60(11)12)54-72-42-27-24-36-66(72)48-57(5)6/h22-45,55-63H,46-54H2,1-21H3. The first-order valence-electron chi connectivity index (χ1n) is 32.8. The lowest BCUT2D eigenvalue weighted by Gasteiger charge is -2.50. The van der Waals surface area contributed by atoms with E-state index in [4.69, 9.17) is 13.9 Å². The Balaban J connectivity index is 1.70. The van der Waals surface area contributed by atoms with E-state index in [1.54, 1.807) is 0 Å². The predicted molar refractivity (Wildman–Crippen MR) is 364 cm³/mol. The van der Waals surface area contributed by atoms with E-state index in [9.17, 15) is 0 Å². The van der Waals surface area contributed by atoms with Gasteiger partial charge in [0.15, 0.2) is 0 Å². The Morgan fingerprint density at radius 2 is 0.447 bits per heavy atom. The first kappa shape index (κ1) is 69.6. The van der Waals surface area contributed by atoms with Gasteiger partial charge in [-0.25, -0.2) is 13.9 Å². The van der Waals surface area contributed by atoms with Gasteiger partial charge in [-0.1, -0.05) is 229 Å². The molecule has 6 aromatic rings. The van der Waals surface area contributed by atoms with Crippen LogP contribution in [0.3, 0.4) is 0 Å². The third kappa shape index (κ3) is 18.5. The van der Waals surface area contributed by atoms with Crippen LogP contribution < -0.4 is 0 Å². The first-order valence-corrected chi connectivity index (χ1v) is 33.9. The Bertz CT molecular complexity index is 2660. The fraction of sp³-hybridized carbons (Fsp3) is 0.538. The Morgan fingerprint density at radius 1 is 0.271 bits per heavy atom. The van der Waals surface area contributed by atoms with Crippen LogP contribution in [0.15, 0.2) is 146 Å². The summed E-state index contributed by atoms with van der Waals surface area (Å²) >= 11 is 0. The van der Waals surface area contributed by atoms with Crippen molar-refractivity contribution in [1.82, 2.24) is 15.2 Å². The molecule has 7 heteroatoms. The molecule has 0 radical (unpaired) electrons. The number of nitrogens with zero attached hydrogens (tertiary/aromatic N) is 3. The van der Waals surface area contributed by atoms with Crippen molar-refractivity contribution in [2.45, 2.75) is 238 Å². The van der Waals surface area contributed by atoms with Gasteiger partial charge in [0.1, 0.15) is 0 Å². The van der Waals surface area contributed by atoms with Crippen LogP contribution >= 0.6 is 8.60 Å². The molecule has 3 unspecified atom stereocenters. The highest BCUT2D eigenvalue weighted by Crippen LogP contribution is 2.54. The second-order valence-electron chi connectivity index (χ2n) is 28.9. The molecular weight excluding hydrogens is 1060 g/mol. The molecule has 0 aliphatic heterocycles. The lowest BCUT2D eigenvalue weighted by molar-refractivity contribution is -0.254. The largest absolute Gasteiger partial charge is 0.387 e. The van der Waals surface area contributed by atoms with E-state index in [-0.39, 0.29) is 18.1 Å². The van der Waals surface area contributed by atoms with Crippen molar-refractivity contribution in [2.75, 3.05) is 0 Å². The van der Waals surface area contributed by atoms with Crippen LogP contribution in [0, 0.1) is 35.5 Å². The summed E-state index contributed by atoms with van der Waals surface area (Å²) < 4.78 is 24.4. The summed E-state index contributed by atoms with van der Waals surface area (Å²) in [5.41, 5.74) is 13.8. The molecule has 0 aliphatic carbocycles. The van der Waals surface area contributed by atoms with Gasteiger partial charge in [0.05, 0.1) is 16.6 Å². The highest BCUT2D eigenvalue weighted by Gasteiger charge is 2.48. The SMILES string of the molecule is CC(C)Cc1ccccc1CC(C)(c1ccccc1CC(C)C)N(OP(ON(C(C)C)C(C)(Cc1ccccc1CC(C)C)c1ccccc1CC(C)C)ON(C(C)C)C(C)(Cc1ccccc1CC(C)C)c1ccccc1CC(C)C)C(C)C. The minimum Gasteiger partial charge on any atom is -0.218 e. The van der Waals surface area contributed by atoms with Gasteiger partial charge in [0, 0.05) is 18.1 Å². The van der Waals surface area contributed by atoms with E-state index < -0.39 is 25.2 Å². The van der Waals surface area contributed by atoms with E-state index in [1.165, 1.54) is 66.8 Å². The Kier molecular flexibility index (Phi) is 25.9. The second kappa shape index (κ2) is 31.6. The molecule has 0 bridgehead atoms. The highest BCUT2D eigenvalue weighted by molar-refractivity contribution is 7.41. The monoisotopic (exact) mass is 1170 g/mol. The molecule has 6 nitrogen and oxygen atoms in total. The van der Waals surface area contributed by atoms with Gasteiger partial charge < -0.3 is 0 Å². The summed E-state index contributed by atoms with van der Waals surface area (Å²) in [7, 11) is -2.33. The Labute approximate surface area is 520 Å². The molecule has 0 saturated carbocycles. The van der Waals surface area contributed by atoms with Crippen LogP contribution in [-0.4, -0.2) is 33.3 Å². The Hall–Kier alpha value is -4.49. The third-order valence-corrected chi connectivity index (χ3v) is 17.8. The normalized spacial score (nSPS) is 15.1. The third-order valence-electron chi connectivity index (χ3n) is 16.9. The lowest BCUT2D eigenvalue weighted by Crippen LogP contribution is -2.53. The van der Waals surface area contributed by atoms with Gasteiger partial charge in [-0.2, -0.15) is 15.2 Å². The first-order chi connectivity index (χ1) is 40.2. The average Bonchev–Trinajstić information content (AvgIpc) is 1.29. The zero-order chi connectivity index (χ0) is 62.4. The molecule has 0 aliphatic rings. The van der Waals surface area contributed by atoms with Gasteiger partial charge in [-0.05, 0) is 222 Å². The van der Waals surface area contributed by atoms with Gasteiger partial charge >= 0.3 is 8.60 Å². The number of hydroxylamine groups is 6. The van der Waals surface area contributed by atoms with Crippen molar-refractivity contribution in [3.05, 3.63) is 212 Å². The quantitative estimate of drug-likeness (QED) is 0.0302. The lowest BCUT2D eigenvalue weighted by atomic mass is 9.79. The maximum atomic E-state index is 8.12. The molecular formula is C78H114N3O3P. The molecule has 0 fully saturated rings. The molecule has 6 rings (SSSR count). The summed E-state index contributed by atoms with van der Waals surface area (Å²) in [6.07, 6.45) is 7.93. The van der Waals surface area contributed by atoms with Gasteiger partial charge in [-0.15, -0.1) is 0 Å². The van der Waals surface area contributed by atoms with Crippen molar-refractivity contribution >= 4 is 8.60 Å². The van der Waals surface area contributed by atoms with E-state index in [0.717, 1.165) is 38.5 Å². The van der Waals surface area contributed by atoms with E-state index in [0.29, 0.717) is 54.8 Å². The molecule has 3 atom stereocenters. The summed E-state index contributed by atoms with van der Waals surface area (Å²) in [6, 6.07) is 54.4. The zero-order valence-electron chi connectivity index (χ0n) is 56.9. The summed E-state index contributed by atoms with van der Waals surface area (Å²) in [5.74, 6) is 2.81. The van der Waals surface area contributed by atoms with Gasteiger partial charge in [-0.3, -0.25) is 0 Å². The topological polar surface area (TPSA) is 37.4 Å². The minimum absolute atomic E-state index is 0.117. The number of rotatable bonds is 33. The fourth-order valence-electron chi connectivity index (χ4n) is 13.6. The highest BCUT2D eigenvalue weighted by atomic mass is 31.2. The molecule has 464 valence electrons. The second-order valence-corrected chi connectivity index (χ2v) is 29.9. The Morgan fingerprint density at radius 3 is 0.647 bits per heavy atom. The summed E-state index contributed by atoms with van der Waals surface area (Å²) in [6.45, 7) is 48.9. The smallest absolute Gasteiger partial charge is 0.218 e. The fourth-order valence-corrected chi connectivity index (χ4v) is 15.2. The van der Waals surface area contributed by atoms with Crippen LogP contribution in [0.4, 0.5) is 0 Å². The zero-order valence-corrected chi connectivity index (χ0v) is 57.8. The molecule has 85 heavy (non-hydrogen) atoms. The molecule has 0 amide bonds. The van der Waals surface area contributed by atoms with Crippen molar-refractivity contribution in [2.24, 2.45) is 35.5 Å². The maximum Gasteiger partial charge on any atom is 0.387 e.